The summed E-state index contributed by atoms with van der Waals surface area (Å²) in [7, 11) is -1.64. The molecule has 2 aromatic rings. The second-order valence-corrected chi connectivity index (χ2v) is 9.40. The molecule has 2 atom stereocenters. The molecule has 1 saturated heterocycles. The Labute approximate surface area is 171 Å². The molecule has 1 amide bonds. The molecule has 1 fully saturated rings. The van der Waals surface area contributed by atoms with Gasteiger partial charge in [0.15, 0.2) is 6.04 Å². The highest BCUT2D eigenvalue weighted by Crippen LogP contribution is 2.22. The lowest BCUT2D eigenvalue weighted by Crippen LogP contribution is -3.12. The second kappa shape index (κ2) is 9.02. The molecule has 1 heterocycles. The third-order valence-corrected chi connectivity index (χ3v) is 7.30. The predicted octanol–water partition coefficient (Wildman–Crippen LogP) is 1.65. The van der Waals surface area contributed by atoms with Gasteiger partial charge in [0.2, 0.25) is 10.0 Å². The highest BCUT2D eigenvalue weighted by molar-refractivity contribution is 7.89. The molecule has 3 rings (SSSR count). The molecule has 0 aliphatic carbocycles. The number of hydrogen-bond acceptors (Lipinski definition) is 3. The quantitative estimate of drug-likeness (QED) is 0.716. The van der Waals surface area contributed by atoms with Crippen molar-refractivity contribution in [1.82, 2.24) is 4.31 Å². The first-order valence-corrected chi connectivity index (χ1v) is 11.2. The molecule has 0 bridgehead atoms. The molecule has 156 valence electrons. The van der Waals surface area contributed by atoms with Crippen molar-refractivity contribution in [1.29, 1.82) is 0 Å². The number of amides is 1. The summed E-state index contributed by atoms with van der Waals surface area (Å²) < 4.78 is 40.5. The number of carbonyl (C=O) groups excluding carboxylic acids is 1. The standard InChI is InChI=1S/C21H26FN3O3S/c1-16(24(2)15-17-7-3-4-8-20(17)22)21(26)23-18-9-11-19(12-10-18)29(27,28)25-13-5-6-14-25/h3-4,7-12,16H,5-6,13-15H2,1-2H3,(H,23,26)/p+1/t16-/m1/s1. The van der Waals surface area contributed by atoms with Gasteiger partial charge in [-0.05, 0) is 50.1 Å². The average molecular weight is 421 g/mol. The van der Waals surface area contributed by atoms with E-state index in [1.165, 1.54) is 22.5 Å². The molecule has 6 nitrogen and oxygen atoms in total. The van der Waals surface area contributed by atoms with Gasteiger partial charge in [0.1, 0.15) is 12.4 Å². The van der Waals surface area contributed by atoms with Crippen molar-refractivity contribution in [3.05, 3.63) is 59.9 Å². The van der Waals surface area contributed by atoms with Gasteiger partial charge in [0.25, 0.3) is 5.91 Å². The zero-order valence-electron chi connectivity index (χ0n) is 16.7. The maximum Gasteiger partial charge on any atom is 0.282 e. The van der Waals surface area contributed by atoms with E-state index >= 15 is 0 Å². The molecule has 0 aromatic heterocycles. The van der Waals surface area contributed by atoms with E-state index in [2.05, 4.69) is 5.32 Å². The topological polar surface area (TPSA) is 70.9 Å². The van der Waals surface area contributed by atoms with Crippen LogP contribution < -0.4 is 10.2 Å². The van der Waals surface area contributed by atoms with Crippen molar-refractivity contribution in [3.8, 4) is 0 Å². The third-order valence-electron chi connectivity index (χ3n) is 5.38. The van der Waals surface area contributed by atoms with Gasteiger partial charge in [-0.1, -0.05) is 18.2 Å². The largest absolute Gasteiger partial charge is 0.324 e. The number of quaternary nitrogens is 1. The van der Waals surface area contributed by atoms with Crippen molar-refractivity contribution in [2.75, 3.05) is 25.5 Å². The minimum atomic E-state index is -3.47. The molecule has 1 unspecified atom stereocenters. The van der Waals surface area contributed by atoms with E-state index < -0.39 is 16.1 Å². The Kier molecular flexibility index (Phi) is 6.66. The monoisotopic (exact) mass is 420 g/mol. The first-order chi connectivity index (χ1) is 13.8. The van der Waals surface area contributed by atoms with Crippen molar-refractivity contribution in [3.63, 3.8) is 0 Å². The van der Waals surface area contributed by atoms with E-state index in [-0.39, 0.29) is 16.6 Å². The van der Waals surface area contributed by atoms with Crippen molar-refractivity contribution < 1.29 is 22.5 Å². The average Bonchev–Trinajstić information content (AvgIpc) is 3.25. The van der Waals surface area contributed by atoms with Gasteiger partial charge < -0.3 is 10.2 Å². The zero-order chi connectivity index (χ0) is 21.0. The Bertz CT molecular complexity index is 957. The highest BCUT2D eigenvalue weighted by atomic mass is 32.2. The summed E-state index contributed by atoms with van der Waals surface area (Å²) in [5.74, 6) is -0.497. The van der Waals surface area contributed by atoms with Gasteiger partial charge in [-0.15, -0.1) is 0 Å². The van der Waals surface area contributed by atoms with Gasteiger partial charge in [-0.25, -0.2) is 12.8 Å². The molecule has 1 aliphatic rings. The van der Waals surface area contributed by atoms with Crippen LogP contribution in [0, 0.1) is 5.82 Å². The van der Waals surface area contributed by atoms with E-state index in [4.69, 9.17) is 0 Å². The summed E-state index contributed by atoms with van der Waals surface area (Å²) in [5, 5.41) is 2.81. The summed E-state index contributed by atoms with van der Waals surface area (Å²) in [6.45, 7) is 3.26. The summed E-state index contributed by atoms with van der Waals surface area (Å²) in [6, 6.07) is 12.3. The number of hydrogen-bond donors (Lipinski definition) is 2. The Morgan fingerprint density at radius 1 is 1.14 bits per heavy atom. The number of likely N-dealkylation sites (N-methyl/N-ethyl adjacent to an activating group) is 1. The van der Waals surface area contributed by atoms with Gasteiger partial charge in [-0.2, -0.15) is 4.31 Å². The number of carbonyl (C=O) groups is 1. The fourth-order valence-electron chi connectivity index (χ4n) is 3.36. The summed E-state index contributed by atoms with van der Waals surface area (Å²) in [5.41, 5.74) is 1.09. The number of sulfonamides is 1. The lowest BCUT2D eigenvalue weighted by molar-refractivity contribution is -0.908. The fourth-order valence-corrected chi connectivity index (χ4v) is 4.87. The van der Waals surface area contributed by atoms with Crippen LogP contribution >= 0.6 is 0 Å². The molecule has 29 heavy (non-hydrogen) atoms. The number of benzene rings is 2. The van der Waals surface area contributed by atoms with Crippen molar-refractivity contribution >= 4 is 21.6 Å². The number of halogens is 1. The van der Waals surface area contributed by atoms with E-state index in [0.29, 0.717) is 30.9 Å². The molecule has 8 heteroatoms. The Hall–Kier alpha value is -2.29. The molecular weight excluding hydrogens is 393 g/mol. The first-order valence-electron chi connectivity index (χ1n) is 9.76. The Balaban J connectivity index is 1.62. The molecule has 0 saturated carbocycles. The number of rotatable bonds is 7. The van der Waals surface area contributed by atoms with E-state index in [9.17, 15) is 17.6 Å². The molecule has 0 radical (unpaired) electrons. The van der Waals surface area contributed by atoms with Crippen molar-refractivity contribution in [2.45, 2.75) is 37.2 Å². The fraction of sp³-hybridized carbons (Fsp3) is 0.381. The second-order valence-electron chi connectivity index (χ2n) is 7.46. The van der Waals surface area contributed by atoms with Crippen molar-refractivity contribution in [2.24, 2.45) is 0 Å². The Morgan fingerprint density at radius 2 is 1.76 bits per heavy atom. The van der Waals surface area contributed by atoms with Crippen LogP contribution in [-0.2, 0) is 21.4 Å². The van der Waals surface area contributed by atoms with Gasteiger partial charge in [-0.3, -0.25) is 4.79 Å². The van der Waals surface area contributed by atoms with Crippen LogP contribution in [0.3, 0.4) is 0 Å². The normalized spacial score (nSPS) is 17.1. The zero-order valence-corrected chi connectivity index (χ0v) is 17.5. The summed E-state index contributed by atoms with van der Waals surface area (Å²) in [6.07, 6.45) is 1.77. The number of anilines is 1. The van der Waals surface area contributed by atoms with Gasteiger partial charge >= 0.3 is 0 Å². The maximum atomic E-state index is 13.8. The molecule has 2 aromatic carbocycles. The summed E-state index contributed by atoms with van der Waals surface area (Å²) >= 11 is 0. The lowest BCUT2D eigenvalue weighted by atomic mass is 10.1. The predicted molar refractivity (Wildman–Crippen MR) is 110 cm³/mol. The summed E-state index contributed by atoms with van der Waals surface area (Å²) in [4.78, 5) is 13.6. The van der Waals surface area contributed by atoms with Gasteiger partial charge in [0.05, 0.1) is 11.9 Å². The van der Waals surface area contributed by atoms with Crippen LogP contribution in [-0.4, -0.2) is 44.8 Å². The van der Waals surface area contributed by atoms with Crippen LogP contribution in [0.4, 0.5) is 10.1 Å². The van der Waals surface area contributed by atoms with Crippen LogP contribution in [0.2, 0.25) is 0 Å². The van der Waals surface area contributed by atoms with Crippen LogP contribution in [0.25, 0.3) is 0 Å². The molecule has 2 N–H and O–H groups in total. The third kappa shape index (κ3) is 5.01. The van der Waals surface area contributed by atoms with Gasteiger partial charge in [0, 0.05) is 24.3 Å². The SMILES string of the molecule is C[C@H](C(=O)Nc1ccc(S(=O)(=O)N2CCCC2)cc1)[NH+](C)Cc1ccccc1F. The number of nitrogens with zero attached hydrogens (tertiary/aromatic N) is 1. The lowest BCUT2D eigenvalue weighted by Gasteiger charge is -2.21. The minimum Gasteiger partial charge on any atom is -0.324 e. The van der Waals surface area contributed by atoms with Crippen LogP contribution in [0.5, 0.6) is 0 Å². The Morgan fingerprint density at radius 3 is 2.38 bits per heavy atom. The number of nitrogens with one attached hydrogen (secondary N) is 2. The maximum absolute atomic E-state index is 13.8. The molecule has 1 aliphatic heterocycles. The smallest absolute Gasteiger partial charge is 0.282 e. The van der Waals surface area contributed by atoms with E-state index in [1.54, 1.807) is 37.3 Å². The minimum absolute atomic E-state index is 0.214. The first kappa shape index (κ1) is 21.4. The van der Waals surface area contributed by atoms with Crippen LogP contribution in [0.1, 0.15) is 25.3 Å². The highest BCUT2D eigenvalue weighted by Gasteiger charge is 2.27. The molecular formula is C21H27FN3O3S+. The molecule has 0 spiro atoms. The van der Waals surface area contributed by atoms with Crippen LogP contribution in [0.15, 0.2) is 53.4 Å². The van der Waals surface area contributed by atoms with E-state index in [0.717, 1.165) is 17.7 Å². The van der Waals surface area contributed by atoms with E-state index in [1.807, 2.05) is 7.05 Å².